The molecule has 0 bridgehead atoms. The zero-order valence-electron chi connectivity index (χ0n) is 15.2. The van der Waals surface area contributed by atoms with Gasteiger partial charge in [-0.25, -0.2) is 9.67 Å². The van der Waals surface area contributed by atoms with Gasteiger partial charge in [0, 0.05) is 11.3 Å². The number of para-hydroxylation sites is 1. The SMILES string of the molecule is COc1ccccc1-c1cc(C(=O)Nc2ccc(Cn3cncn3)cc2)[nH]n1. The summed E-state index contributed by atoms with van der Waals surface area (Å²) in [5.41, 5.74) is 3.58. The van der Waals surface area contributed by atoms with E-state index >= 15 is 0 Å². The zero-order valence-corrected chi connectivity index (χ0v) is 15.2. The second-order valence-corrected chi connectivity index (χ2v) is 6.11. The minimum atomic E-state index is -0.266. The second kappa shape index (κ2) is 7.75. The first-order valence-corrected chi connectivity index (χ1v) is 8.64. The topological polar surface area (TPSA) is 97.7 Å². The molecule has 1 amide bonds. The van der Waals surface area contributed by atoms with E-state index < -0.39 is 0 Å². The normalized spacial score (nSPS) is 10.6. The molecule has 2 aromatic heterocycles. The third-order valence-electron chi connectivity index (χ3n) is 4.23. The number of ether oxygens (including phenoxy) is 1. The smallest absolute Gasteiger partial charge is 0.273 e. The standard InChI is InChI=1S/C20H18N6O2/c1-28-19-5-3-2-4-16(19)17-10-18(25-24-17)20(27)23-15-8-6-14(7-9-15)11-26-13-21-12-22-26/h2-10,12-13H,11H2,1H3,(H,23,27)(H,24,25). The quantitative estimate of drug-likeness (QED) is 0.541. The van der Waals surface area contributed by atoms with Gasteiger partial charge in [0.15, 0.2) is 0 Å². The number of amides is 1. The predicted molar refractivity (Wildman–Crippen MR) is 104 cm³/mol. The number of carbonyl (C=O) groups excluding carboxylic acids is 1. The van der Waals surface area contributed by atoms with E-state index in [2.05, 4.69) is 25.6 Å². The fraction of sp³-hybridized carbons (Fsp3) is 0.100. The van der Waals surface area contributed by atoms with Gasteiger partial charge in [0.2, 0.25) is 0 Å². The highest BCUT2D eigenvalue weighted by Gasteiger charge is 2.14. The maximum absolute atomic E-state index is 12.5. The van der Waals surface area contributed by atoms with E-state index in [4.69, 9.17) is 4.74 Å². The Morgan fingerprint density at radius 2 is 2.00 bits per heavy atom. The Hall–Kier alpha value is -3.94. The van der Waals surface area contributed by atoms with E-state index in [1.807, 2.05) is 48.5 Å². The van der Waals surface area contributed by atoms with Gasteiger partial charge in [-0.2, -0.15) is 10.2 Å². The molecule has 0 radical (unpaired) electrons. The molecule has 0 aliphatic heterocycles. The highest BCUT2D eigenvalue weighted by Crippen LogP contribution is 2.28. The van der Waals surface area contributed by atoms with Gasteiger partial charge in [-0.15, -0.1) is 0 Å². The molecule has 0 spiro atoms. The first kappa shape index (κ1) is 17.5. The lowest BCUT2D eigenvalue weighted by molar-refractivity contribution is 0.102. The van der Waals surface area contributed by atoms with Gasteiger partial charge >= 0.3 is 0 Å². The molecule has 140 valence electrons. The number of rotatable bonds is 6. The minimum absolute atomic E-state index is 0.266. The molecule has 0 saturated heterocycles. The summed E-state index contributed by atoms with van der Waals surface area (Å²) in [5, 5.41) is 14.0. The van der Waals surface area contributed by atoms with E-state index in [1.165, 1.54) is 6.33 Å². The van der Waals surface area contributed by atoms with Gasteiger partial charge in [-0.05, 0) is 35.9 Å². The summed E-state index contributed by atoms with van der Waals surface area (Å²) in [7, 11) is 1.60. The number of benzene rings is 2. The lowest BCUT2D eigenvalue weighted by atomic mass is 10.1. The summed E-state index contributed by atoms with van der Waals surface area (Å²) < 4.78 is 7.08. The van der Waals surface area contributed by atoms with Crippen molar-refractivity contribution in [3.8, 4) is 17.0 Å². The summed E-state index contributed by atoms with van der Waals surface area (Å²) in [4.78, 5) is 16.4. The third kappa shape index (κ3) is 3.75. The van der Waals surface area contributed by atoms with Crippen molar-refractivity contribution in [2.45, 2.75) is 6.54 Å². The highest BCUT2D eigenvalue weighted by molar-refractivity contribution is 6.03. The van der Waals surface area contributed by atoms with Crippen LogP contribution < -0.4 is 10.1 Å². The Bertz CT molecular complexity index is 1070. The lowest BCUT2D eigenvalue weighted by Gasteiger charge is -2.06. The monoisotopic (exact) mass is 374 g/mol. The Kier molecular flexibility index (Phi) is 4.83. The van der Waals surface area contributed by atoms with Crippen molar-refractivity contribution in [1.82, 2.24) is 25.0 Å². The fourth-order valence-corrected chi connectivity index (χ4v) is 2.83. The molecule has 0 aliphatic carbocycles. The molecule has 8 heteroatoms. The average Bonchev–Trinajstić information content (AvgIpc) is 3.41. The number of aromatic nitrogens is 5. The fourth-order valence-electron chi connectivity index (χ4n) is 2.83. The summed E-state index contributed by atoms with van der Waals surface area (Å²) in [5.74, 6) is 0.432. The Morgan fingerprint density at radius 1 is 1.18 bits per heavy atom. The number of nitrogens with one attached hydrogen (secondary N) is 2. The molecule has 4 aromatic rings. The van der Waals surface area contributed by atoms with E-state index in [0.717, 1.165) is 11.1 Å². The van der Waals surface area contributed by atoms with Crippen molar-refractivity contribution < 1.29 is 9.53 Å². The number of nitrogens with zero attached hydrogens (tertiary/aromatic N) is 4. The molecule has 2 aromatic carbocycles. The van der Waals surface area contributed by atoms with Crippen LogP contribution in [0.2, 0.25) is 0 Å². The molecule has 8 nitrogen and oxygen atoms in total. The van der Waals surface area contributed by atoms with E-state index in [9.17, 15) is 4.79 Å². The molecule has 0 saturated carbocycles. The van der Waals surface area contributed by atoms with Crippen LogP contribution in [-0.4, -0.2) is 38.0 Å². The van der Waals surface area contributed by atoms with Crippen LogP contribution in [0.15, 0.2) is 67.3 Å². The van der Waals surface area contributed by atoms with Crippen LogP contribution in [0.25, 0.3) is 11.3 Å². The van der Waals surface area contributed by atoms with Crippen molar-refractivity contribution in [3.63, 3.8) is 0 Å². The van der Waals surface area contributed by atoms with Crippen LogP contribution >= 0.6 is 0 Å². The van der Waals surface area contributed by atoms with Crippen LogP contribution in [0.1, 0.15) is 16.1 Å². The van der Waals surface area contributed by atoms with Gasteiger partial charge in [-0.1, -0.05) is 24.3 Å². The van der Waals surface area contributed by atoms with E-state index in [1.54, 1.807) is 24.2 Å². The Morgan fingerprint density at radius 3 is 2.75 bits per heavy atom. The van der Waals surface area contributed by atoms with Gasteiger partial charge in [0.05, 0.1) is 19.3 Å². The molecule has 2 heterocycles. The van der Waals surface area contributed by atoms with Crippen molar-refractivity contribution in [2.24, 2.45) is 0 Å². The van der Waals surface area contributed by atoms with Crippen LogP contribution in [0.4, 0.5) is 5.69 Å². The number of carbonyl (C=O) groups is 1. The van der Waals surface area contributed by atoms with Crippen LogP contribution in [0, 0.1) is 0 Å². The van der Waals surface area contributed by atoms with E-state index in [0.29, 0.717) is 29.4 Å². The van der Waals surface area contributed by atoms with Crippen molar-refractivity contribution in [3.05, 3.63) is 78.5 Å². The zero-order chi connectivity index (χ0) is 19.3. The number of methoxy groups -OCH3 is 1. The molecule has 2 N–H and O–H groups in total. The molecule has 28 heavy (non-hydrogen) atoms. The minimum Gasteiger partial charge on any atom is -0.496 e. The van der Waals surface area contributed by atoms with Crippen LogP contribution in [-0.2, 0) is 6.54 Å². The molecular weight excluding hydrogens is 356 g/mol. The molecule has 0 atom stereocenters. The number of hydrogen-bond acceptors (Lipinski definition) is 5. The Balaban J connectivity index is 1.45. The summed E-state index contributed by atoms with van der Waals surface area (Å²) in [6, 6.07) is 16.8. The third-order valence-corrected chi connectivity index (χ3v) is 4.23. The van der Waals surface area contributed by atoms with Crippen LogP contribution in [0.5, 0.6) is 5.75 Å². The van der Waals surface area contributed by atoms with Crippen molar-refractivity contribution in [2.75, 3.05) is 12.4 Å². The molecule has 4 rings (SSSR count). The summed E-state index contributed by atoms with van der Waals surface area (Å²) in [6.45, 7) is 0.622. The number of aromatic amines is 1. The van der Waals surface area contributed by atoms with E-state index in [-0.39, 0.29) is 5.91 Å². The summed E-state index contributed by atoms with van der Waals surface area (Å²) in [6.07, 6.45) is 3.16. The van der Waals surface area contributed by atoms with Crippen molar-refractivity contribution >= 4 is 11.6 Å². The molecule has 0 unspecified atom stereocenters. The maximum Gasteiger partial charge on any atom is 0.273 e. The van der Waals surface area contributed by atoms with Crippen LogP contribution in [0.3, 0.4) is 0 Å². The van der Waals surface area contributed by atoms with Crippen molar-refractivity contribution in [1.29, 1.82) is 0 Å². The van der Waals surface area contributed by atoms with Gasteiger partial charge in [0.25, 0.3) is 5.91 Å². The number of H-pyrrole nitrogens is 1. The maximum atomic E-state index is 12.5. The Labute approximate surface area is 161 Å². The first-order chi connectivity index (χ1) is 13.7. The molecular formula is C20H18N6O2. The largest absolute Gasteiger partial charge is 0.496 e. The summed E-state index contributed by atoms with van der Waals surface area (Å²) >= 11 is 0. The lowest BCUT2D eigenvalue weighted by Crippen LogP contribution is -2.12. The average molecular weight is 374 g/mol. The highest BCUT2D eigenvalue weighted by atomic mass is 16.5. The second-order valence-electron chi connectivity index (χ2n) is 6.11. The number of hydrogen-bond donors (Lipinski definition) is 2. The van der Waals surface area contributed by atoms with Gasteiger partial charge in [-0.3, -0.25) is 9.89 Å². The first-order valence-electron chi connectivity index (χ1n) is 8.64. The molecule has 0 aliphatic rings. The number of anilines is 1. The predicted octanol–water partition coefficient (Wildman–Crippen LogP) is 2.98. The molecule has 0 fully saturated rings. The van der Waals surface area contributed by atoms with Gasteiger partial charge in [0.1, 0.15) is 24.1 Å². The van der Waals surface area contributed by atoms with Gasteiger partial charge < -0.3 is 10.1 Å².